The lowest BCUT2D eigenvalue weighted by Crippen LogP contribution is -2.22. The van der Waals surface area contributed by atoms with Gasteiger partial charge in [-0.2, -0.15) is 0 Å². The van der Waals surface area contributed by atoms with E-state index < -0.39 is 5.60 Å². The average molecular weight is 253 g/mol. The summed E-state index contributed by atoms with van der Waals surface area (Å²) in [5.41, 5.74) is 1.43. The quantitative estimate of drug-likeness (QED) is 0.587. The molecule has 0 amide bonds. The van der Waals surface area contributed by atoms with E-state index in [1.807, 2.05) is 45.9 Å². The highest BCUT2D eigenvalue weighted by molar-refractivity contribution is 6.31. The summed E-state index contributed by atoms with van der Waals surface area (Å²) in [7, 11) is 0. The third-order valence-corrected chi connectivity index (χ3v) is 2.42. The SMILES string of the molecule is Cc1ccc(/C=C/C(=O)OC(C)(C)C)cc1Cl. The van der Waals surface area contributed by atoms with Gasteiger partial charge in [-0.3, -0.25) is 0 Å². The van der Waals surface area contributed by atoms with E-state index in [0.29, 0.717) is 5.02 Å². The number of halogens is 1. The molecule has 2 nitrogen and oxygen atoms in total. The lowest BCUT2D eigenvalue weighted by molar-refractivity contribution is -0.148. The van der Waals surface area contributed by atoms with Crippen LogP contribution in [0.1, 0.15) is 31.9 Å². The average Bonchev–Trinajstić information content (AvgIpc) is 2.17. The van der Waals surface area contributed by atoms with Crippen LogP contribution in [0.3, 0.4) is 0 Å². The van der Waals surface area contributed by atoms with E-state index in [-0.39, 0.29) is 5.97 Å². The van der Waals surface area contributed by atoms with Gasteiger partial charge < -0.3 is 4.74 Å². The van der Waals surface area contributed by atoms with Gasteiger partial charge in [0.25, 0.3) is 0 Å². The smallest absolute Gasteiger partial charge is 0.331 e. The molecule has 0 bridgehead atoms. The van der Waals surface area contributed by atoms with Crippen LogP contribution in [0, 0.1) is 6.92 Å². The number of carbonyl (C=O) groups is 1. The van der Waals surface area contributed by atoms with Gasteiger partial charge in [0.2, 0.25) is 0 Å². The van der Waals surface area contributed by atoms with Gasteiger partial charge in [-0.05, 0) is 51.0 Å². The molecule has 0 aliphatic carbocycles. The van der Waals surface area contributed by atoms with Gasteiger partial charge in [0.05, 0.1) is 0 Å². The summed E-state index contributed by atoms with van der Waals surface area (Å²) in [6, 6.07) is 5.64. The molecule has 0 aromatic heterocycles. The Labute approximate surface area is 107 Å². The van der Waals surface area contributed by atoms with Crippen molar-refractivity contribution in [2.75, 3.05) is 0 Å². The molecule has 0 saturated heterocycles. The highest BCUT2D eigenvalue weighted by atomic mass is 35.5. The van der Waals surface area contributed by atoms with Gasteiger partial charge in [-0.1, -0.05) is 23.7 Å². The molecule has 0 radical (unpaired) electrons. The van der Waals surface area contributed by atoms with Crippen molar-refractivity contribution in [2.45, 2.75) is 33.3 Å². The second-order valence-electron chi connectivity index (χ2n) is 4.88. The third kappa shape index (κ3) is 5.05. The molecule has 0 saturated carbocycles. The topological polar surface area (TPSA) is 26.3 Å². The Bertz CT molecular complexity index is 442. The Balaban J connectivity index is 2.71. The Kier molecular flexibility index (Phi) is 4.35. The van der Waals surface area contributed by atoms with Crippen LogP contribution in [0.4, 0.5) is 0 Å². The van der Waals surface area contributed by atoms with E-state index in [9.17, 15) is 4.79 Å². The first-order valence-electron chi connectivity index (χ1n) is 5.45. The van der Waals surface area contributed by atoms with Gasteiger partial charge in [-0.25, -0.2) is 4.79 Å². The number of hydrogen-bond acceptors (Lipinski definition) is 2. The van der Waals surface area contributed by atoms with E-state index in [1.54, 1.807) is 6.08 Å². The summed E-state index contributed by atoms with van der Waals surface area (Å²) in [6.45, 7) is 7.44. The van der Waals surface area contributed by atoms with Gasteiger partial charge >= 0.3 is 5.97 Å². The number of esters is 1. The number of ether oxygens (including phenoxy) is 1. The van der Waals surface area contributed by atoms with E-state index in [0.717, 1.165) is 11.1 Å². The van der Waals surface area contributed by atoms with Gasteiger partial charge in [0.1, 0.15) is 5.60 Å². The van der Waals surface area contributed by atoms with Gasteiger partial charge in [0.15, 0.2) is 0 Å². The molecule has 92 valence electrons. The van der Waals surface area contributed by atoms with E-state index in [1.165, 1.54) is 6.08 Å². The van der Waals surface area contributed by atoms with Crippen LogP contribution < -0.4 is 0 Å². The van der Waals surface area contributed by atoms with Crippen molar-refractivity contribution in [3.63, 3.8) is 0 Å². The molecule has 1 aromatic rings. The molecule has 0 N–H and O–H groups in total. The van der Waals surface area contributed by atoms with Crippen molar-refractivity contribution in [1.82, 2.24) is 0 Å². The fourth-order valence-electron chi connectivity index (χ4n) is 1.21. The molecule has 0 atom stereocenters. The molecular weight excluding hydrogens is 236 g/mol. The maximum absolute atomic E-state index is 11.4. The van der Waals surface area contributed by atoms with Crippen LogP contribution in [0.25, 0.3) is 6.08 Å². The Hall–Kier alpha value is -1.28. The normalized spacial score (nSPS) is 11.8. The Morgan fingerprint density at radius 3 is 2.53 bits per heavy atom. The molecule has 0 spiro atoms. The van der Waals surface area contributed by atoms with Gasteiger partial charge in [-0.15, -0.1) is 0 Å². The fourth-order valence-corrected chi connectivity index (χ4v) is 1.40. The number of benzene rings is 1. The lowest BCUT2D eigenvalue weighted by atomic mass is 10.1. The fraction of sp³-hybridized carbons (Fsp3) is 0.357. The van der Waals surface area contributed by atoms with E-state index in [4.69, 9.17) is 16.3 Å². The van der Waals surface area contributed by atoms with E-state index >= 15 is 0 Å². The minimum absolute atomic E-state index is 0.353. The Morgan fingerprint density at radius 1 is 1.35 bits per heavy atom. The molecule has 1 rings (SSSR count). The first-order chi connectivity index (χ1) is 7.78. The third-order valence-electron chi connectivity index (χ3n) is 2.01. The maximum atomic E-state index is 11.4. The van der Waals surface area contributed by atoms with Crippen LogP contribution >= 0.6 is 11.6 Å². The highest BCUT2D eigenvalue weighted by Gasteiger charge is 2.13. The zero-order chi connectivity index (χ0) is 13.1. The van der Waals surface area contributed by atoms with Crippen LogP contribution in [0.15, 0.2) is 24.3 Å². The highest BCUT2D eigenvalue weighted by Crippen LogP contribution is 2.17. The number of rotatable bonds is 2. The first-order valence-corrected chi connectivity index (χ1v) is 5.83. The maximum Gasteiger partial charge on any atom is 0.331 e. The van der Waals surface area contributed by atoms with Crippen molar-refractivity contribution in [3.05, 3.63) is 40.4 Å². The molecule has 0 aliphatic rings. The summed E-state index contributed by atoms with van der Waals surface area (Å²) in [5.74, 6) is -0.353. The van der Waals surface area contributed by atoms with Crippen LogP contribution in [0.2, 0.25) is 5.02 Å². The summed E-state index contributed by atoms with van der Waals surface area (Å²) >= 11 is 5.99. The molecule has 0 unspecified atom stereocenters. The summed E-state index contributed by atoms with van der Waals surface area (Å²) < 4.78 is 5.15. The van der Waals surface area contributed by atoms with Crippen LogP contribution in [-0.2, 0) is 9.53 Å². The molecule has 0 heterocycles. The minimum Gasteiger partial charge on any atom is -0.457 e. The Morgan fingerprint density at radius 2 is 2.00 bits per heavy atom. The monoisotopic (exact) mass is 252 g/mol. The zero-order valence-electron chi connectivity index (χ0n) is 10.6. The molecular formula is C14H17ClO2. The summed E-state index contributed by atoms with van der Waals surface area (Å²) in [6.07, 6.45) is 3.10. The minimum atomic E-state index is -0.466. The summed E-state index contributed by atoms with van der Waals surface area (Å²) in [5, 5.41) is 0.691. The molecule has 0 fully saturated rings. The van der Waals surface area contributed by atoms with Crippen molar-refractivity contribution >= 4 is 23.6 Å². The van der Waals surface area contributed by atoms with Crippen molar-refractivity contribution in [3.8, 4) is 0 Å². The number of hydrogen-bond donors (Lipinski definition) is 0. The first kappa shape index (κ1) is 13.8. The lowest BCUT2D eigenvalue weighted by Gasteiger charge is -2.17. The molecule has 3 heteroatoms. The van der Waals surface area contributed by atoms with Gasteiger partial charge in [0, 0.05) is 11.1 Å². The van der Waals surface area contributed by atoms with Crippen LogP contribution in [-0.4, -0.2) is 11.6 Å². The van der Waals surface area contributed by atoms with Crippen molar-refractivity contribution < 1.29 is 9.53 Å². The molecule has 17 heavy (non-hydrogen) atoms. The predicted molar refractivity (Wildman–Crippen MR) is 71.1 cm³/mol. The number of carbonyl (C=O) groups excluding carboxylic acids is 1. The largest absolute Gasteiger partial charge is 0.457 e. The number of aryl methyl sites for hydroxylation is 1. The summed E-state index contributed by atoms with van der Waals surface area (Å²) in [4.78, 5) is 11.4. The second kappa shape index (κ2) is 5.37. The molecule has 1 aromatic carbocycles. The predicted octanol–water partition coefficient (Wildman–Crippen LogP) is 4.00. The van der Waals surface area contributed by atoms with Crippen molar-refractivity contribution in [1.29, 1.82) is 0 Å². The zero-order valence-corrected chi connectivity index (χ0v) is 11.3. The van der Waals surface area contributed by atoms with Crippen molar-refractivity contribution in [2.24, 2.45) is 0 Å². The second-order valence-corrected chi connectivity index (χ2v) is 5.28. The standard InChI is InChI=1S/C14H17ClO2/c1-10-5-6-11(9-12(10)15)7-8-13(16)17-14(2,3)4/h5-9H,1-4H3/b8-7+. The molecule has 0 aliphatic heterocycles. The van der Waals surface area contributed by atoms with E-state index in [2.05, 4.69) is 0 Å². The van der Waals surface area contributed by atoms with Crippen LogP contribution in [0.5, 0.6) is 0 Å².